The van der Waals surface area contributed by atoms with Crippen LogP contribution in [0.1, 0.15) is 73.3 Å². The molecule has 0 aromatic carbocycles. The minimum Gasteiger partial charge on any atom is -0.340 e. The first-order chi connectivity index (χ1) is 11.3. The van der Waals surface area contributed by atoms with Gasteiger partial charge in [-0.1, -0.05) is 12.8 Å². The summed E-state index contributed by atoms with van der Waals surface area (Å²) in [6, 6.07) is 4.47. The zero-order chi connectivity index (χ0) is 15.6. The molecule has 23 heavy (non-hydrogen) atoms. The molecule has 1 N–H and O–H groups in total. The van der Waals surface area contributed by atoms with Crippen molar-refractivity contribution in [2.24, 2.45) is 0 Å². The van der Waals surface area contributed by atoms with Gasteiger partial charge in [-0.3, -0.25) is 9.89 Å². The standard InChI is InChI=1S/C17H23N5O/c23-17(15-9-5-11-21(15)13-6-1-2-7-13)22-10-4-3-8-14(22)16-18-12-19-20-16/h5,9,11-14H,1-4,6-8,10H2,(H,18,19,20)/t14-/m1/s1. The summed E-state index contributed by atoms with van der Waals surface area (Å²) in [6.45, 7) is 0.792. The minimum atomic E-state index is 0.0191. The van der Waals surface area contributed by atoms with Crippen LogP contribution in [0.5, 0.6) is 0 Å². The predicted molar refractivity (Wildman–Crippen MR) is 85.9 cm³/mol. The molecule has 1 aliphatic carbocycles. The molecule has 4 rings (SSSR count). The van der Waals surface area contributed by atoms with Crippen LogP contribution in [-0.2, 0) is 0 Å². The van der Waals surface area contributed by atoms with Gasteiger partial charge in [0.2, 0.25) is 0 Å². The largest absolute Gasteiger partial charge is 0.340 e. The number of rotatable bonds is 3. The molecule has 2 aromatic rings. The number of carbonyl (C=O) groups is 1. The lowest BCUT2D eigenvalue weighted by atomic mass is 10.0. The maximum absolute atomic E-state index is 13.2. The van der Waals surface area contributed by atoms with E-state index in [1.165, 1.54) is 32.0 Å². The van der Waals surface area contributed by atoms with E-state index in [1.807, 2.05) is 17.0 Å². The Kier molecular flexibility index (Phi) is 3.89. The Hall–Kier alpha value is -2.11. The summed E-state index contributed by atoms with van der Waals surface area (Å²) in [5.74, 6) is 0.931. The lowest BCUT2D eigenvalue weighted by molar-refractivity contribution is 0.0587. The summed E-state index contributed by atoms with van der Waals surface area (Å²) in [5.41, 5.74) is 0.823. The molecule has 1 atom stereocenters. The van der Waals surface area contributed by atoms with E-state index in [0.29, 0.717) is 6.04 Å². The van der Waals surface area contributed by atoms with E-state index in [9.17, 15) is 4.79 Å². The lowest BCUT2D eigenvalue weighted by Crippen LogP contribution is -2.40. The first-order valence-corrected chi connectivity index (χ1v) is 8.67. The highest BCUT2D eigenvalue weighted by Gasteiger charge is 2.32. The van der Waals surface area contributed by atoms with Crippen LogP contribution in [0, 0.1) is 0 Å². The highest BCUT2D eigenvalue weighted by Crippen LogP contribution is 2.33. The molecule has 1 aliphatic heterocycles. The van der Waals surface area contributed by atoms with Crippen LogP contribution >= 0.6 is 0 Å². The number of hydrogen-bond donors (Lipinski definition) is 1. The summed E-state index contributed by atoms with van der Waals surface area (Å²) in [7, 11) is 0. The normalized spacial score (nSPS) is 22.6. The summed E-state index contributed by atoms with van der Waals surface area (Å²) in [4.78, 5) is 19.5. The van der Waals surface area contributed by atoms with Crippen molar-refractivity contribution >= 4 is 5.91 Å². The number of amides is 1. The van der Waals surface area contributed by atoms with Crippen LogP contribution in [0.15, 0.2) is 24.7 Å². The van der Waals surface area contributed by atoms with Crippen molar-refractivity contribution in [3.63, 3.8) is 0 Å². The fraction of sp³-hybridized carbons (Fsp3) is 0.588. The van der Waals surface area contributed by atoms with Crippen molar-refractivity contribution in [1.82, 2.24) is 24.6 Å². The van der Waals surface area contributed by atoms with Gasteiger partial charge >= 0.3 is 0 Å². The Bertz CT molecular complexity index is 656. The van der Waals surface area contributed by atoms with Crippen LogP contribution in [-0.4, -0.2) is 37.1 Å². The van der Waals surface area contributed by atoms with E-state index < -0.39 is 0 Å². The van der Waals surface area contributed by atoms with E-state index in [-0.39, 0.29) is 11.9 Å². The first-order valence-electron chi connectivity index (χ1n) is 8.67. The van der Waals surface area contributed by atoms with E-state index in [1.54, 1.807) is 0 Å². The van der Waals surface area contributed by atoms with E-state index in [2.05, 4.69) is 25.9 Å². The van der Waals surface area contributed by atoms with Crippen molar-refractivity contribution in [3.8, 4) is 0 Å². The Morgan fingerprint density at radius 3 is 2.78 bits per heavy atom. The van der Waals surface area contributed by atoms with E-state index >= 15 is 0 Å². The monoisotopic (exact) mass is 313 g/mol. The second-order valence-electron chi connectivity index (χ2n) is 6.62. The molecule has 2 fully saturated rings. The minimum absolute atomic E-state index is 0.0191. The molecule has 6 nitrogen and oxygen atoms in total. The number of nitrogens with zero attached hydrogens (tertiary/aromatic N) is 4. The van der Waals surface area contributed by atoms with Gasteiger partial charge in [0.1, 0.15) is 17.8 Å². The quantitative estimate of drug-likeness (QED) is 0.947. The number of likely N-dealkylation sites (tertiary alicyclic amines) is 1. The average molecular weight is 313 g/mol. The van der Waals surface area contributed by atoms with Gasteiger partial charge in [-0.05, 0) is 44.2 Å². The van der Waals surface area contributed by atoms with Gasteiger partial charge in [-0.25, -0.2) is 4.98 Å². The molecular formula is C17H23N5O. The zero-order valence-corrected chi connectivity index (χ0v) is 13.3. The van der Waals surface area contributed by atoms with Crippen LogP contribution in [0.25, 0.3) is 0 Å². The number of nitrogens with one attached hydrogen (secondary N) is 1. The molecule has 122 valence electrons. The number of aromatic nitrogens is 4. The highest BCUT2D eigenvalue weighted by atomic mass is 16.2. The summed E-state index contributed by atoms with van der Waals surface area (Å²) >= 11 is 0. The molecule has 0 unspecified atom stereocenters. The van der Waals surface area contributed by atoms with Gasteiger partial charge in [0.25, 0.3) is 5.91 Å². The van der Waals surface area contributed by atoms with Crippen molar-refractivity contribution in [2.75, 3.05) is 6.54 Å². The third kappa shape index (κ3) is 2.66. The molecule has 0 radical (unpaired) electrons. The molecule has 6 heteroatoms. The number of aromatic amines is 1. The van der Waals surface area contributed by atoms with Gasteiger partial charge in [0.15, 0.2) is 0 Å². The first kappa shape index (κ1) is 14.5. The maximum Gasteiger partial charge on any atom is 0.271 e. The number of carbonyl (C=O) groups excluding carboxylic acids is 1. The number of hydrogen-bond acceptors (Lipinski definition) is 3. The van der Waals surface area contributed by atoms with Crippen LogP contribution < -0.4 is 0 Å². The number of H-pyrrole nitrogens is 1. The van der Waals surface area contributed by atoms with Crippen molar-refractivity contribution < 1.29 is 4.79 Å². The average Bonchev–Trinajstić information content (AvgIpc) is 3.35. The van der Waals surface area contributed by atoms with Gasteiger partial charge in [-0.2, -0.15) is 5.10 Å². The molecule has 0 spiro atoms. The molecule has 1 saturated carbocycles. The van der Waals surface area contributed by atoms with Gasteiger partial charge in [-0.15, -0.1) is 0 Å². The van der Waals surface area contributed by atoms with Gasteiger partial charge in [0.05, 0.1) is 6.04 Å². The molecule has 1 saturated heterocycles. The van der Waals surface area contributed by atoms with Crippen molar-refractivity contribution in [1.29, 1.82) is 0 Å². The fourth-order valence-electron chi connectivity index (χ4n) is 4.06. The van der Waals surface area contributed by atoms with Crippen molar-refractivity contribution in [3.05, 3.63) is 36.2 Å². The predicted octanol–water partition coefficient (Wildman–Crippen LogP) is 3.09. The Morgan fingerprint density at radius 1 is 1.17 bits per heavy atom. The van der Waals surface area contributed by atoms with E-state index in [4.69, 9.17) is 0 Å². The van der Waals surface area contributed by atoms with Gasteiger partial charge in [0, 0.05) is 18.8 Å². The van der Waals surface area contributed by atoms with Crippen LogP contribution in [0.4, 0.5) is 0 Å². The summed E-state index contributed by atoms with van der Waals surface area (Å²) < 4.78 is 2.20. The highest BCUT2D eigenvalue weighted by molar-refractivity contribution is 5.93. The number of piperidine rings is 1. The molecule has 2 aromatic heterocycles. The second-order valence-corrected chi connectivity index (χ2v) is 6.62. The van der Waals surface area contributed by atoms with E-state index in [0.717, 1.165) is 37.3 Å². The van der Waals surface area contributed by atoms with Crippen LogP contribution in [0.3, 0.4) is 0 Å². The third-order valence-corrected chi connectivity index (χ3v) is 5.23. The molecule has 2 aliphatic rings. The Labute approximate surface area is 135 Å². The topological polar surface area (TPSA) is 66.8 Å². The van der Waals surface area contributed by atoms with Crippen molar-refractivity contribution in [2.45, 2.75) is 57.0 Å². The third-order valence-electron chi connectivity index (χ3n) is 5.23. The second kappa shape index (κ2) is 6.18. The van der Waals surface area contributed by atoms with Crippen LogP contribution in [0.2, 0.25) is 0 Å². The fourth-order valence-corrected chi connectivity index (χ4v) is 4.06. The maximum atomic E-state index is 13.2. The molecule has 3 heterocycles. The molecule has 0 bridgehead atoms. The molecule has 1 amide bonds. The summed E-state index contributed by atoms with van der Waals surface area (Å²) in [5, 5.41) is 6.90. The van der Waals surface area contributed by atoms with Gasteiger partial charge < -0.3 is 9.47 Å². The lowest BCUT2D eigenvalue weighted by Gasteiger charge is -2.34. The Balaban J connectivity index is 1.61. The SMILES string of the molecule is O=C(c1cccn1C1CCCC1)N1CCCC[C@@H]1c1ncn[nH]1. The summed E-state index contributed by atoms with van der Waals surface area (Å²) in [6.07, 6.45) is 11.6. The molecular weight excluding hydrogens is 290 g/mol. The zero-order valence-electron chi connectivity index (χ0n) is 13.3. The Morgan fingerprint density at radius 2 is 2.00 bits per heavy atom. The smallest absolute Gasteiger partial charge is 0.271 e.